The van der Waals surface area contributed by atoms with E-state index in [0.29, 0.717) is 0 Å². The summed E-state index contributed by atoms with van der Waals surface area (Å²) >= 11 is 0. The quantitative estimate of drug-likeness (QED) is 0.480. The summed E-state index contributed by atoms with van der Waals surface area (Å²) in [6.07, 6.45) is 0.743. The highest BCUT2D eigenvalue weighted by Gasteiger charge is 2.03. The van der Waals surface area contributed by atoms with Crippen LogP contribution in [0.3, 0.4) is 0 Å². The zero-order valence-electron chi connectivity index (χ0n) is 6.06. The van der Waals surface area contributed by atoms with Gasteiger partial charge in [-0.15, -0.1) is 0 Å². The Bertz CT molecular complexity index is 67.3. The van der Waals surface area contributed by atoms with Gasteiger partial charge in [0.05, 0.1) is 0 Å². The first-order valence-electron chi connectivity index (χ1n) is 2.77. The monoisotopic (exact) mass is 132 g/mol. The molecule has 0 fully saturated rings. The Labute approximate surface area is 52.3 Å². The van der Waals surface area contributed by atoms with Gasteiger partial charge in [-0.1, -0.05) is 13.1 Å². The highest BCUT2D eigenvalue weighted by atomic mass is 28.4. The fourth-order valence-corrected chi connectivity index (χ4v) is 2.28. The molecule has 0 atom stereocenters. The van der Waals surface area contributed by atoms with Gasteiger partial charge in [-0.2, -0.15) is 0 Å². The Hall–Kier alpha value is 0.137. The molecule has 8 heavy (non-hydrogen) atoms. The van der Waals surface area contributed by atoms with Crippen molar-refractivity contribution in [1.82, 2.24) is 4.90 Å². The van der Waals surface area contributed by atoms with E-state index in [1.807, 2.05) is 32.1 Å². The van der Waals surface area contributed by atoms with Gasteiger partial charge in [0.25, 0.3) is 0 Å². The van der Waals surface area contributed by atoms with Gasteiger partial charge in [0, 0.05) is 0 Å². The first-order valence-corrected chi connectivity index (χ1v) is 5.88. The highest BCUT2D eigenvalue weighted by Crippen LogP contribution is 1.90. The minimum atomic E-state index is -2.04. The second-order valence-electron chi connectivity index (χ2n) is 3.00. The largest absolute Gasteiger partial charge is 0.858 e. The molecule has 0 spiro atoms. The van der Waals surface area contributed by atoms with E-state index in [1.54, 1.807) is 0 Å². The standard InChI is InChI=1S/C5H14NOSi/c1-6(2)5-8(3,4)7/h5H2,1-4H3/q-1. The lowest BCUT2D eigenvalue weighted by Gasteiger charge is -2.32. The van der Waals surface area contributed by atoms with Gasteiger partial charge in [-0.25, -0.2) is 0 Å². The van der Waals surface area contributed by atoms with Crippen molar-refractivity contribution in [2.45, 2.75) is 13.1 Å². The third-order valence-corrected chi connectivity index (χ3v) is 2.09. The minimum absolute atomic E-state index is 0.743. The summed E-state index contributed by atoms with van der Waals surface area (Å²) in [6, 6.07) is 0. The molecule has 50 valence electrons. The molecule has 0 bridgehead atoms. The van der Waals surface area contributed by atoms with E-state index in [0.717, 1.165) is 6.17 Å². The van der Waals surface area contributed by atoms with Crippen LogP contribution in [0.5, 0.6) is 0 Å². The summed E-state index contributed by atoms with van der Waals surface area (Å²) in [4.78, 5) is 13.0. The second-order valence-corrected chi connectivity index (χ2v) is 6.83. The van der Waals surface area contributed by atoms with Crippen LogP contribution in [0, 0.1) is 0 Å². The molecule has 0 aromatic carbocycles. The summed E-state index contributed by atoms with van der Waals surface area (Å²) in [5.41, 5.74) is 0. The molecule has 0 aromatic heterocycles. The van der Waals surface area contributed by atoms with Crippen molar-refractivity contribution < 1.29 is 4.80 Å². The van der Waals surface area contributed by atoms with Gasteiger partial charge < -0.3 is 9.70 Å². The maximum absolute atomic E-state index is 11.0. The normalized spacial score (nSPS) is 12.8. The predicted octanol–water partition coefficient (Wildman–Crippen LogP) is -0.347. The van der Waals surface area contributed by atoms with Crippen molar-refractivity contribution in [3.63, 3.8) is 0 Å². The van der Waals surface area contributed by atoms with Crippen LogP contribution >= 0.6 is 0 Å². The van der Waals surface area contributed by atoms with E-state index in [1.165, 1.54) is 0 Å². The molecule has 0 saturated carbocycles. The summed E-state index contributed by atoms with van der Waals surface area (Å²) in [5, 5.41) is 0. The third kappa shape index (κ3) is 6.14. The van der Waals surface area contributed by atoms with Gasteiger partial charge in [0.15, 0.2) is 0 Å². The van der Waals surface area contributed by atoms with Crippen LogP contribution in [-0.2, 0) is 0 Å². The van der Waals surface area contributed by atoms with Gasteiger partial charge >= 0.3 is 0 Å². The smallest absolute Gasteiger partial charge is 0.0141 e. The van der Waals surface area contributed by atoms with Crippen LogP contribution in [0.2, 0.25) is 13.1 Å². The summed E-state index contributed by atoms with van der Waals surface area (Å²) < 4.78 is 0. The SMILES string of the molecule is CN(C)C[Si](C)(C)[O-]. The Morgan fingerprint density at radius 2 is 1.75 bits per heavy atom. The molecule has 0 N–H and O–H groups in total. The van der Waals surface area contributed by atoms with Crippen LogP contribution in [0.15, 0.2) is 0 Å². The van der Waals surface area contributed by atoms with E-state index >= 15 is 0 Å². The summed E-state index contributed by atoms with van der Waals surface area (Å²) in [5.74, 6) is 0. The highest BCUT2D eigenvalue weighted by molar-refractivity contribution is 6.68. The lowest BCUT2D eigenvalue weighted by molar-refractivity contribution is -0.207. The Morgan fingerprint density at radius 3 is 1.75 bits per heavy atom. The predicted molar refractivity (Wildman–Crippen MR) is 36.0 cm³/mol. The lowest BCUT2D eigenvalue weighted by Crippen LogP contribution is -2.51. The minimum Gasteiger partial charge on any atom is -0.858 e. The van der Waals surface area contributed by atoms with E-state index in [-0.39, 0.29) is 0 Å². The molecular weight excluding hydrogens is 118 g/mol. The van der Waals surface area contributed by atoms with Crippen LogP contribution in [-0.4, -0.2) is 33.5 Å². The molecule has 0 heterocycles. The van der Waals surface area contributed by atoms with E-state index in [4.69, 9.17) is 0 Å². The first-order chi connectivity index (χ1) is 3.42. The molecule has 0 radical (unpaired) electrons. The van der Waals surface area contributed by atoms with Crippen molar-refractivity contribution in [3.05, 3.63) is 0 Å². The molecule has 0 aliphatic carbocycles. The van der Waals surface area contributed by atoms with Crippen molar-refractivity contribution in [1.29, 1.82) is 0 Å². The van der Waals surface area contributed by atoms with E-state index in [9.17, 15) is 4.80 Å². The van der Waals surface area contributed by atoms with E-state index in [2.05, 4.69) is 0 Å². The topological polar surface area (TPSA) is 26.3 Å². The van der Waals surface area contributed by atoms with Crippen molar-refractivity contribution in [2.75, 3.05) is 20.3 Å². The van der Waals surface area contributed by atoms with Crippen LogP contribution in [0.4, 0.5) is 0 Å². The Kier molecular flexibility index (Phi) is 2.66. The molecule has 0 amide bonds. The summed E-state index contributed by atoms with van der Waals surface area (Å²) in [7, 11) is 1.83. The molecule has 0 rings (SSSR count). The first kappa shape index (κ1) is 8.14. The van der Waals surface area contributed by atoms with Crippen LogP contribution in [0.25, 0.3) is 0 Å². The maximum Gasteiger partial charge on any atom is -0.0141 e. The van der Waals surface area contributed by atoms with Crippen molar-refractivity contribution >= 4 is 8.32 Å². The summed E-state index contributed by atoms with van der Waals surface area (Å²) in [6.45, 7) is 3.65. The van der Waals surface area contributed by atoms with Crippen LogP contribution < -0.4 is 4.80 Å². The fraction of sp³-hybridized carbons (Fsp3) is 1.00. The molecule has 2 nitrogen and oxygen atoms in total. The molecule has 0 saturated heterocycles. The van der Waals surface area contributed by atoms with E-state index < -0.39 is 8.32 Å². The van der Waals surface area contributed by atoms with Gasteiger partial charge in [-0.3, -0.25) is 0 Å². The molecular formula is C5H14NOSi-. The number of hydrogen-bond acceptors (Lipinski definition) is 2. The van der Waals surface area contributed by atoms with Gasteiger partial charge in [0.1, 0.15) is 0 Å². The maximum atomic E-state index is 11.0. The molecule has 0 aliphatic heterocycles. The van der Waals surface area contributed by atoms with Gasteiger partial charge in [0.2, 0.25) is 0 Å². The third-order valence-electron chi connectivity index (χ3n) is 0.697. The average molecular weight is 132 g/mol. The average Bonchev–Trinajstić information content (AvgIpc) is 1.21. The molecule has 0 unspecified atom stereocenters. The lowest BCUT2D eigenvalue weighted by atomic mass is 11.0. The van der Waals surface area contributed by atoms with Crippen molar-refractivity contribution in [3.8, 4) is 0 Å². The zero-order chi connectivity index (χ0) is 6.78. The fourth-order valence-electron chi connectivity index (χ4n) is 0.762. The Balaban J connectivity index is 3.39. The van der Waals surface area contributed by atoms with Crippen LogP contribution in [0.1, 0.15) is 0 Å². The van der Waals surface area contributed by atoms with Crippen molar-refractivity contribution in [2.24, 2.45) is 0 Å². The molecule has 3 heteroatoms. The second kappa shape index (κ2) is 2.62. The Morgan fingerprint density at radius 1 is 1.38 bits per heavy atom. The van der Waals surface area contributed by atoms with Gasteiger partial charge in [-0.05, 0) is 28.6 Å². The number of hydrogen-bond donors (Lipinski definition) is 0. The molecule has 0 aromatic rings. The number of rotatable bonds is 2. The molecule has 0 aliphatic rings. The number of nitrogens with zero attached hydrogens (tertiary/aromatic N) is 1. The zero-order valence-corrected chi connectivity index (χ0v) is 7.06.